The lowest BCUT2D eigenvalue weighted by Crippen LogP contribution is -2.20. The van der Waals surface area contributed by atoms with Gasteiger partial charge in [0, 0.05) is 21.8 Å². The molecule has 3 rings (SSSR count). The molecule has 0 bridgehead atoms. The van der Waals surface area contributed by atoms with E-state index in [-0.39, 0.29) is 12.5 Å². The van der Waals surface area contributed by atoms with E-state index in [0.717, 1.165) is 11.3 Å². The number of aryl methyl sites for hydroxylation is 2. The molecule has 0 fully saturated rings. The number of aromatic nitrogens is 4. The summed E-state index contributed by atoms with van der Waals surface area (Å²) in [5.74, 6) is -0.212. The summed E-state index contributed by atoms with van der Waals surface area (Å²) in [6.45, 7) is 5.98. The minimum absolute atomic E-state index is 0.0635. The molecule has 1 aromatic carbocycles. The van der Waals surface area contributed by atoms with Crippen LogP contribution in [0, 0.1) is 20.8 Å². The Morgan fingerprint density at radius 2 is 1.70 bits per heavy atom. The van der Waals surface area contributed by atoms with Crippen LogP contribution in [0.1, 0.15) is 22.6 Å². The van der Waals surface area contributed by atoms with Crippen LogP contribution in [-0.2, 0) is 17.9 Å². The van der Waals surface area contributed by atoms with E-state index in [9.17, 15) is 4.79 Å². The Hall–Kier alpha value is -2.02. The number of benzene rings is 1. The molecule has 0 spiro atoms. The van der Waals surface area contributed by atoms with Crippen molar-refractivity contribution < 1.29 is 4.79 Å². The van der Waals surface area contributed by atoms with Crippen molar-refractivity contribution in [2.45, 2.75) is 33.9 Å². The second-order valence-electron chi connectivity index (χ2n) is 6.21. The minimum atomic E-state index is -0.212. The first-order valence-corrected chi connectivity index (χ1v) is 9.36. The Morgan fingerprint density at radius 1 is 1.04 bits per heavy atom. The third kappa shape index (κ3) is 4.29. The number of rotatable bonds is 5. The van der Waals surface area contributed by atoms with Crippen LogP contribution in [0.4, 0.5) is 5.69 Å². The van der Waals surface area contributed by atoms with Gasteiger partial charge in [-0.2, -0.15) is 10.2 Å². The monoisotopic (exact) mass is 425 g/mol. The van der Waals surface area contributed by atoms with Gasteiger partial charge in [-0.25, -0.2) is 0 Å². The van der Waals surface area contributed by atoms with Gasteiger partial charge >= 0.3 is 0 Å². The summed E-state index contributed by atoms with van der Waals surface area (Å²) in [6.07, 6.45) is 1.62. The molecule has 0 saturated heterocycles. The summed E-state index contributed by atoms with van der Waals surface area (Å²) in [5, 5.41) is 13.3. The molecule has 0 aliphatic heterocycles. The molecule has 0 aliphatic carbocycles. The fourth-order valence-corrected chi connectivity index (χ4v) is 3.43. The maximum Gasteiger partial charge on any atom is 0.246 e. The van der Waals surface area contributed by atoms with Crippen LogP contribution in [0.3, 0.4) is 0 Å². The first-order chi connectivity index (χ1) is 12.8. The zero-order chi connectivity index (χ0) is 19.7. The standard InChI is InChI=1S/C18H18Cl3N5O/c1-10-16(21)8-25(23-10)9-17(27)22-18-11(2)24-26(12(18)3)7-13-14(19)5-4-6-15(13)20/h4-6,8H,7,9H2,1-3H3,(H,22,27). The fourth-order valence-electron chi connectivity index (χ4n) is 2.77. The molecular weight excluding hydrogens is 409 g/mol. The molecule has 0 radical (unpaired) electrons. The molecule has 3 aromatic rings. The van der Waals surface area contributed by atoms with Crippen molar-refractivity contribution in [3.05, 3.63) is 62.1 Å². The van der Waals surface area contributed by atoms with Gasteiger partial charge in [0.25, 0.3) is 0 Å². The van der Waals surface area contributed by atoms with Crippen LogP contribution in [0.5, 0.6) is 0 Å². The Balaban J connectivity index is 1.78. The smallest absolute Gasteiger partial charge is 0.246 e. The number of anilines is 1. The maximum absolute atomic E-state index is 12.4. The summed E-state index contributed by atoms with van der Waals surface area (Å²) in [5.41, 5.74) is 3.65. The number of halogens is 3. The average Bonchev–Trinajstić information content (AvgIpc) is 3.04. The van der Waals surface area contributed by atoms with Crippen LogP contribution in [0.25, 0.3) is 0 Å². The summed E-state index contributed by atoms with van der Waals surface area (Å²) in [7, 11) is 0. The van der Waals surface area contributed by atoms with Gasteiger partial charge in [0.05, 0.1) is 34.3 Å². The quantitative estimate of drug-likeness (QED) is 0.646. The highest BCUT2D eigenvalue weighted by Gasteiger charge is 2.17. The maximum atomic E-state index is 12.4. The third-order valence-electron chi connectivity index (χ3n) is 4.21. The molecule has 0 saturated carbocycles. The summed E-state index contributed by atoms with van der Waals surface area (Å²) < 4.78 is 3.28. The van der Waals surface area contributed by atoms with E-state index in [1.54, 1.807) is 36.0 Å². The SMILES string of the molecule is Cc1nn(CC(=O)Nc2c(C)nn(Cc3c(Cl)cccc3Cl)c2C)cc1Cl. The number of carbonyl (C=O) groups is 1. The van der Waals surface area contributed by atoms with Crippen molar-refractivity contribution in [1.29, 1.82) is 0 Å². The number of hydrogen-bond acceptors (Lipinski definition) is 3. The topological polar surface area (TPSA) is 64.7 Å². The van der Waals surface area contributed by atoms with Gasteiger partial charge in [-0.05, 0) is 32.9 Å². The number of carbonyl (C=O) groups excluding carboxylic acids is 1. The molecule has 6 nitrogen and oxygen atoms in total. The molecule has 0 aliphatic rings. The molecule has 0 atom stereocenters. The lowest BCUT2D eigenvalue weighted by molar-refractivity contribution is -0.116. The van der Waals surface area contributed by atoms with E-state index in [1.807, 2.05) is 13.8 Å². The van der Waals surface area contributed by atoms with Crippen molar-refractivity contribution in [3.63, 3.8) is 0 Å². The van der Waals surface area contributed by atoms with Crippen LogP contribution < -0.4 is 5.32 Å². The predicted molar refractivity (Wildman–Crippen MR) is 108 cm³/mol. The van der Waals surface area contributed by atoms with Gasteiger partial charge in [-0.1, -0.05) is 40.9 Å². The van der Waals surface area contributed by atoms with E-state index in [0.29, 0.717) is 38.7 Å². The van der Waals surface area contributed by atoms with E-state index in [1.165, 1.54) is 4.68 Å². The molecule has 1 amide bonds. The van der Waals surface area contributed by atoms with E-state index in [4.69, 9.17) is 34.8 Å². The normalized spacial score (nSPS) is 11.0. The molecule has 27 heavy (non-hydrogen) atoms. The number of hydrogen-bond donors (Lipinski definition) is 1. The molecule has 142 valence electrons. The predicted octanol–water partition coefficient (Wildman–Crippen LogP) is 4.65. The van der Waals surface area contributed by atoms with E-state index in [2.05, 4.69) is 15.5 Å². The van der Waals surface area contributed by atoms with Gasteiger partial charge in [0.1, 0.15) is 6.54 Å². The van der Waals surface area contributed by atoms with Crippen LogP contribution in [-0.4, -0.2) is 25.5 Å². The molecular formula is C18H18Cl3N5O. The summed E-state index contributed by atoms with van der Waals surface area (Å²) >= 11 is 18.5. The molecule has 2 aromatic heterocycles. The minimum Gasteiger partial charge on any atom is -0.321 e. The van der Waals surface area contributed by atoms with Crippen molar-refractivity contribution >= 4 is 46.4 Å². The van der Waals surface area contributed by atoms with Gasteiger partial charge in [0.15, 0.2) is 0 Å². The second-order valence-corrected chi connectivity index (χ2v) is 7.43. The number of amides is 1. The fraction of sp³-hybridized carbons (Fsp3) is 0.278. The molecule has 2 heterocycles. The lowest BCUT2D eigenvalue weighted by atomic mass is 10.2. The van der Waals surface area contributed by atoms with Gasteiger partial charge in [0.2, 0.25) is 5.91 Å². The van der Waals surface area contributed by atoms with Crippen molar-refractivity contribution in [2.24, 2.45) is 0 Å². The van der Waals surface area contributed by atoms with E-state index < -0.39 is 0 Å². The molecule has 0 unspecified atom stereocenters. The Bertz CT molecular complexity index is 969. The first-order valence-electron chi connectivity index (χ1n) is 8.22. The van der Waals surface area contributed by atoms with E-state index >= 15 is 0 Å². The Morgan fingerprint density at radius 3 is 2.30 bits per heavy atom. The van der Waals surface area contributed by atoms with Gasteiger partial charge < -0.3 is 5.32 Å². The van der Waals surface area contributed by atoms with Crippen molar-refractivity contribution in [3.8, 4) is 0 Å². The largest absolute Gasteiger partial charge is 0.321 e. The number of nitrogens with one attached hydrogen (secondary N) is 1. The van der Waals surface area contributed by atoms with Crippen LogP contribution in [0.2, 0.25) is 15.1 Å². The van der Waals surface area contributed by atoms with Crippen molar-refractivity contribution in [1.82, 2.24) is 19.6 Å². The van der Waals surface area contributed by atoms with Gasteiger partial charge in [-0.3, -0.25) is 14.2 Å². The zero-order valence-electron chi connectivity index (χ0n) is 15.1. The second kappa shape index (κ2) is 7.92. The lowest BCUT2D eigenvalue weighted by Gasteiger charge is -2.10. The highest BCUT2D eigenvalue weighted by atomic mass is 35.5. The Labute approximate surface area is 172 Å². The highest BCUT2D eigenvalue weighted by molar-refractivity contribution is 6.36. The van der Waals surface area contributed by atoms with Crippen LogP contribution in [0.15, 0.2) is 24.4 Å². The zero-order valence-corrected chi connectivity index (χ0v) is 17.3. The molecule has 9 heteroatoms. The molecule has 1 N–H and O–H groups in total. The highest BCUT2D eigenvalue weighted by Crippen LogP contribution is 2.27. The Kier molecular flexibility index (Phi) is 5.79. The summed E-state index contributed by atoms with van der Waals surface area (Å²) in [6, 6.07) is 5.37. The van der Waals surface area contributed by atoms with Crippen LogP contribution >= 0.6 is 34.8 Å². The summed E-state index contributed by atoms with van der Waals surface area (Å²) in [4.78, 5) is 12.4. The van der Waals surface area contributed by atoms with Crippen molar-refractivity contribution in [2.75, 3.05) is 5.32 Å². The third-order valence-corrected chi connectivity index (χ3v) is 5.29. The van der Waals surface area contributed by atoms with Gasteiger partial charge in [-0.15, -0.1) is 0 Å². The average molecular weight is 427 g/mol. The number of nitrogens with zero attached hydrogens (tertiary/aromatic N) is 4. The first kappa shape index (κ1) is 19.7.